The molecule has 118 valence electrons. The van der Waals surface area contributed by atoms with Crippen LogP contribution >= 0.6 is 8.17 Å². The Bertz CT molecular complexity index is 226. The highest BCUT2D eigenvalue weighted by Gasteiger charge is 2.51. The molecule has 5 heteroatoms. The maximum Gasteiger partial charge on any atom is 0.645 e. The molecule has 20 heavy (non-hydrogen) atoms. The van der Waals surface area contributed by atoms with Gasteiger partial charge in [0.05, 0.1) is 9.79 Å². The largest absolute Gasteiger partial charge is 0.645 e. The minimum atomic E-state index is -3.94. The van der Waals surface area contributed by atoms with Gasteiger partial charge in [-0.2, -0.15) is 0 Å². The van der Waals surface area contributed by atoms with E-state index in [1.807, 2.05) is 0 Å². The molecule has 1 heterocycles. The van der Waals surface area contributed by atoms with Crippen LogP contribution < -0.4 is 0 Å². The molecule has 1 saturated heterocycles. The Kier molecular flexibility index (Phi) is 10.0. The summed E-state index contributed by atoms with van der Waals surface area (Å²) < 4.78 is 9.40. The Morgan fingerprint density at radius 1 is 0.800 bits per heavy atom. The van der Waals surface area contributed by atoms with Crippen LogP contribution in [0.1, 0.15) is 77.6 Å². The topological polar surface area (TPSA) is 58.3 Å². The average molecular weight is 305 g/mol. The first kappa shape index (κ1) is 18.3. The maximum absolute atomic E-state index is 10.9. The van der Waals surface area contributed by atoms with E-state index in [2.05, 4.69) is 6.92 Å². The fraction of sp³-hybridized carbons (Fsp3) is 1.00. The first-order chi connectivity index (χ1) is 9.64. The Balaban J connectivity index is 1.81. The van der Waals surface area contributed by atoms with Crippen LogP contribution in [-0.2, 0) is 18.8 Å². The van der Waals surface area contributed by atoms with Crippen LogP contribution in [0.5, 0.6) is 0 Å². The Labute approximate surface area is 124 Å². The van der Waals surface area contributed by atoms with Gasteiger partial charge in [-0.15, -0.1) is 9.05 Å². The van der Waals surface area contributed by atoms with Crippen molar-refractivity contribution in [3.05, 3.63) is 0 Å². The third kappa shape index (κ3) is 9.25. The van der Waals surface area contributed by atoms with Gasteiger partial charge in [-0.1, -0.05) is 71.1 Å². The first-order valence-electron chi connectivity index (χ1n) is 8.24. The van der Waals surface area contributed by atoms with Crippen molar-refractivity contribution < 1.29 is 18.8 Å². The molecule has 0 aromatic rings. The van der Waals surface area contributed by atoms with Gasteiger partial charge in [0.25, 0.3) is 0 Å². The Morgan fingerprint density at radius 2 is 1.25 bits per heavy atom. The van der Waals surface area contributed by atoms with Gasteiger partial charge >= 0.3 is 8.17 Å². The smallest absolute Gasteiger partial charge is 0.149 e. The molecule has 1 aliphatic rings. The molecular weight excluding hydrogens is 275 g/mol. The van der Waals surface area contributed by atoms with E-state index < -0.39 is 8.17 Å². The van der Waals surface area contributed by atoms with Crippen LogP contribution in [0.25, 0.3) is 0 Å². The van der Waals surface area contributed by atoms with Crippen LogP contribution in [0.4, 0.5) is 0 Å². The Morgan fingerprint density at radius 3 is 1.75 bits per heavy atom. The van der Waals surface area contributed by atoms with E-state index in [-0.39, 0.29) is 5.92 Å². The minimum Gasteiger partial charge on any atom is -0.149 e. The molecule has 2 radical (unpaired) electrons. The molecule has 0 aromatic heterocycles. The molecule has 0 aromatic carbocycles. The molecule has 0 spiro atoms. The zero-order chi connectivity index (χ0) is 14.7. The fourth-order valence-electron chi connectivity index (χ4n) is 2.57. The van der Waals surface area contributed by atoms with Crippen molar-refractivity contribution in [2.75, 3.05) is 13.2 Å². The highest BCUT2D eigenvalue weighted by atomic mass is 31.2. The molecule has 0 amide bonds. The molecule has 0 N–H and O–H groups in total. The predicted molar refractivity (Wildman–Crippen MR) is 80.1 cm³/mol. The third-order valence-electron chi connectivity index (χ3n) is 3.90. The second-order valence-corrected chi connectivity index (χ2v) is 7.29. The lowest BCUT2D eigenvalue weighted by molar-refractivity contribution is 0.00360. The van der Waals surface area contributed by atoms with Crippen molar-refractivity contribution in [1.29, 1.82) is 0 Å². The van der Waals surface area contributed by atoms with Gasteiger partial charge in [0.1, 0.15) is 13.2 Å². The van der Waals surface area contributed by atoms with Crippen LogP contribution in [0.15, 0.2) is 0 Å². The number of hydrogen-bond acceptors (Lipinski definition) is 2. The van der Waals surface area contributed by atoms with Gasteiger partial charge in [0, 0.05) is 5.92 Å². The SMILES string of the molecule is CCCCCCCCCCCCC1CO[P+]([O])([O])OC1. The second kappa shape index (κ2) is 10.9. The van der Waals surface area contributed by atoms with Gasteiger partial charge < -0.3 is 0 Å². The van der Waals surface area contributed by atoms with Crippen LogP contribution in [0.2, 0.25) is 0 Å². The van der Waals surface area contributed by atoms with E-state index in [0.29, 0.717) is 13.2 Å². The van der Waals surface area contributed by atoms with Crippen molar-refractivity contribution >= 4 is 8.17 Å². The van der Waals surface area contributed by atoms with E-state index >= 15 is 0 Å². The van der Waals surface area contributed by atoms with Crippen molar-refractivity contribution in [3.63, 3.8) is 0 Å². The van der Waals surface area contributed by atoms with Crippen LogP contribution in [-0.4, -0.2) is 13.2 Å². The summed E-state index contributed by atoms with van der Waals surface area (Å²) in [5, 5.41) is 0. The summed E-state index contributed by atoms with van der Waals surface area (Å²) in [4.78, 5) is 21.8. The molecular formula is C15H30O4P+. The summed E-state index contributed by atoms with van der Waals surface area (Å²) in [6.07, 6.45) is 14.2. The molecule has 1 fully saturated rings. The second-order valence-electron chi connectivity index (χ2n) is 5.88. The molecule has 4 nitrogen and oxygen atoms in total. The Hall–Kier alpha value is 0.270. The van der Waals surface area contributed by atoms with Crippen LogP contribution in [0, 0.1) is 5.92 Å². The summed E-state index contributed by atoms with van der Waals surface area (Å²) in [6, 6.07) is 0. The predicted octanol–water partition coefficient (Wildman–Crippen LogP) is 5.50. The van der Waals surface area contributed by atoms with Gasteiger partial charge in [-0.25, -0.2) is 0 Å². The highest BCUT2D eigenvalue weighted by molar-refractivity contribution is 7.53. The third-order valence-corrected chi connectivity index (χ3v) is 4.83. The van der Waals surface area contributed by atoms with E-state index in [4.69, 9.17) is 9.05 Å². The van der Waals surface area contributed by atoms with Gasteiger partial charge in [0.15, 0.2) is 0 Å². The summed E-state index contributed by atoms with van der Waals surface area (Å²) in [6.45, 7) is 2.86. The van der Waals surface area contributed by atoms with Crippen molar-refractivity contribution in [1.82, 2.24) is 0 Å². The maximum atomic E-state index is 10.9. The zero-order valence-electron chi connectivity index (χ0n) is 12.8. The van der Waals surface area contributed by atoms with Gasteiger partial charge in [-0.05, 0) is 6.42 Å². The zero-order valence-corrected chi connectivity index (χ0v) is 13.7. The van der Waals surface area contributed by atoms with Crippen molar-refractivity contribution in [2.45, 2.75) is 77.6 Å². The normalized spacial score (nSPS) is 19.4. The summed E-state index contributed by atoms with van der Waals surface area (Å²) in [7, 11) is -3.94. The number of rotatable bonds is 11. The van der Waals surface area contributed by atoms with E-state index in [0.717, 1.165) is 12.8 Å². The quantitative estimate of drug-likeness (QED) is 0.374. The van der Waals surface area contributed by atoms with Crippen molar-refractivity contribution in [3.8, 4) is 0 Å². The van der Waals surface area contributed by atoms with Crippen LogP contribution in [0.3, 0.4) is 0 Å². The van der Waals surface area contributed by atoms with Crippen molar-refractivity contribution in [2.24, 2.45) is 5.92 Å². The standard InChI is InChI=1S/C15H30O4P/c1-2-3-4-5-6-7-8-9-10-11-12-15-13-18-20(16,17)19-14-15/h15H,2-14H2,1H3/q+1. The lowest BCUT2D eigenvalue weighted by Crippen LogP contribution is -2.22. The lowest BCUT2D eigenvalue weighted by atomic mass is 10.0. The number of hydrogen-bond donors (Lipinski definition) is 0. The van der Waals surface area contributed by atoms with Gasteiger partial charge in [-0.3, -0.25) is 0 Å². The first-order valence-corrected chi connectivity index (χ1v) is 9.70. The number of unbranched alkanes of at least 4 members (excludes halogenated alkanes) is 9. The molecule has 0 atom stereocenters. The van der Waals surface area contributed by atoms with E-state index in [1.54, 1.807) is 0 Å². The van der Waals surface area contributed by atoms with Gasteiger partial charge in [0.2, 0.25) is 0 Å². The summed E-state index contributed by atoms with van der Waals surface area (Å²) in [5.41, 5.74) is 0. The minimum absolute atomic E-state index is 0.250. The monoisotopic (exact) mass is 305 g/mol. The van der Waals surface area contributed by atoms with E-state index in [9.17, 15) is 9.79 Å². The van der Waals surface area contributed by atoms with E-state index in [1.165, 1.54) is 57.8 Å². The molecule has 1 aliphatic heterocycles. The fourth-order valence-corrected chi connectivity index (χ4v) is 3.43. The molecule has 0 unspecified atom stereocenters. The molecule has 0 bridgehead atoms. The summed E-state index contributed by atoms with van der Waals surface area (Å²) >= 11 is 0. The lowest BCUT2D eigenvalue weighted by Gasteiger charge is -2.19. The highest BCUT2D eigenvalue weighted by Crippen LogP contribution is 2.57. The summed E-state index contributed by atoms with van der Waals surface area (Å²) in [5.74, 6) is 0.250. The molecule has 1 rings (SSSR count). The average Bonchev–Trinajstić information content (AvgIpc) is 2.42. The molecule has 0 saturated carbocycles. The molecule has 0 aliphatic carbocycles.